The topological polar surface area (TPSA) is 134 Å². The maximum absolute atomic E-state index is 12.7. The first kappa shape index (κ1) is 64.8. The van der Waals surface area contributed by atoms with Gasteiger partial charge in [-0.1, -0.05) is 264 Å². The van der Waals surface area contributed by atoms with E-state index in [1.807, 2.05) is 0 Å². The number of unbranched alkanes of at least 4 members (excludes halogenated alkanes) is 40. The molecule has 0 bridgehead atoms. The van der Waals surface area contributed by atoms with E-state index < -0.39 is 26.5 Å². The van der Waals surface area contributed by atoms with E-state index in [2.05, 4.69) is 26.0 Å². The average molecular weight is 956 g/mol. The molecular formula is C56H110NO8P. The maximum Gasteiger partial charge on any atom is 0.472 e. The molecule has 9 nitrogen and oxygen atoms in total. The summed E-state index contributed by atoms with van der Waals surface area (Å²) in [7, 11) is -4.38. The molecule has 0 saturated carbocycles. The molecule has 0 aromatic carbocycles. The van der Waals surface area contributed by atoms with Crippen LogP contribution in [-0.2, 0) is 32.7 Å². The third-order valence-electron chi connectivity index (χ3n) is 12.9. The van der Waals surface area contributed by atoms with Crippen LogP contribution in [0.2, 0.25) is 0 Å². The van der Waals surface area contributed by atoms with Gasteiger partial charge in [-0.3, -0.25) is 18.6 Å². The van der Waals surface area contributed by atoms with Crippen LogP contribution in [0.15, 0.2) is 12.2 Å². The molecule has 0 aromatic heterocycles. The van der Waals surface area contributed by atoms with E-state index in [1.165, 1.54) is 238 Å². The lowest BCUT2D eigenvalue weighted by Gasteiger charge is -2.19. The van der Waals surface area contributed by atoms with Crippen LogP contribution in [0.5, 0.6) is 0 Å². The first-order valence-corrected chi connectivity index (χ1v) is 30.2. The van der Waals surface area contributed by atoms with Crippen LogP contribution < -0.4 is 5.73 Å². The Balaban J connectivity index is 3.93. The van der Waals surface area contributed by atoms with Crippen LogP contribution in [0.25, 0.3) is 0 Å². The second-order valence-corrected chi connectivity index (χ2v) is 21.0. The summed E-state index contributed by atoms with van der Waals surface area (Å²) in [6.07, 6.45) is 59.8. The summed E-state index contributed by atoms with van der Waals surface area (Å²) in [6.45, 7) is 3.81. The monoisotopic (exact) mass is 956 g/mol. The Bertz CT molecular complexity index is 1090. The van der Waals surface area contributed by atoms with E-state index in [-0.39, 0.29) is 38.6 Å². The molecule has 66 heavy (non-hydrogen) atoms. The van der Waals surface area contributed by atoms with Gasteiger partial charge in [0.05, 0.1) is 13.2 Å². The number of rotatable bonds is 55. The van der Waals surface area contributed by atoms with Gasteiger partial charge in [0.1, 0.15) is 6.61 Å². The largest absolute Gasteiger partial charge is 0.472 e. The van der Waals surface area contributed by atoms with Gasteiger partial charge in [-0.2, -0.15) is 0 Å². The van der Waals surface area contributed by atoms with Crippen molar-refractivity contribution in [2.45, 2.75) is 309 Å². The van der Waals surface area contributed by atoms with Crippen molar-refractivity contribution in [1.29, 1.82) is 0 Å². The molecule has 0 aromatic rings. The zero-order chi connectivity index (χ0) is 48.1. The molecule has 0 saturated heterocycles. The Morgan fingerprint density at radius 3 is 1.08 bits per heavy atom. The molecule has 0 radical (unpaired) electrons. The lowest BCUT2D eigenvalue weighted by Crippen LogP contribution is -2.29. The first-order valence-electron chi connectivity index (χ1n) is 28.7. The Hall–Kier alpha value is -1.25. The zero-order valence-corrected chi connectivity index (χ0v) is 44.6. The zero-order valence-electron chi connectivity index (χ0n) is 43.7. The predicted molar refractivity (Wildman–Crippen MR) is 280 cm³/mol. The van der Waals surface area contributed by atoms with E-state index in [9.17, 15) is 19.0 Å². The molecule has 0 fully saturated rings. The number of esters is 2. The molecule has 10 heteroatoms. The van der Waals surface area contributed by atoms with Gasteiger partial charge in [0.15, 0.2) is 6.10 Å². The van der Waals surface area contributed by atoms with Crippen LogP contribution in [0.3, 0.4) is 0 Å². The number of hydrogen-bond donors (Lipinski definition) is 2. The number of phosphoric ester groups is 1. The number of carbonyl (C=O) groups is 2. The smallest absolute Gasteiger partial charge is 0.462 e. The van der Waals surface area contributed by atoms with Crippen molar-refractivity contribution in [3.8, 4) is 0 Å². The summed E-state index contributed by atoms with van der Waals surface area (Å²) in [5.41, 5.74) is 5.38. The fraction of sp³-hybridized carbons (Fsp3) is 0.929. The van der Waals surface area contributed by atoms with Crippen molar-refractivity contribution in [2.75, 3.05) is 26.4 Å². The number of allylic oxidation sites excluding steroid dienone is 2. The highest BCUT2D eigenvalue weighted by Crippen LogP contribution is 2.43. The third kappa shape index (κ3) is 52.1. The molecule has 0 aliphatic heterocycles. The standard InChI is InChI=1S/C56H110NO8P/c1-3-5-7-9-11-13-15-17-19-21-23-25-26-27-28-29-31-33-35-37-39-41-43-45-47-49-56(59)65-54(53-64-66(60,61)63-51-50-57)52-62-55(58)48-46-44-42-40-38-36-34-32-30-24-22-20-18-16-14-12-10-8-6-4-2/h21,23,54H,3-20,22,24-53,57H2,1-2H3,(H,60,61)/b23-21-. The molecule has 0 amide bonds. The Morgan fingerprint density at radius 1 is 0.439 bits per heavy atom. The van der Waals surface area contributed by atoms with Crippen LogP contribution in [-0.4, -0.2) is 49.3 Å². The van der Waals surface area contributed by atoms with E-state index >= 15 is 0 Å². The number of phosphoric acid groups is 1. The normalized spacial score (nSPS) is 13.1. The molecule has 0 rings (SSSR count). The summed E-state index contributed by atoms with van der Waals surface area (Å²) in [5.74, 6) is -0.807. The van der Waals surface area contributed by atoms with Crippen LogP contribution in [0.1, 0.15) is 303 Å². The van der Waals surface area contributed by atoms with Gasteiger partial charge in [-0.15, -0.1) is 0 Å². The Labute approximate surface area is 409 Å². The lowest BCUT2D eigenvalue weighted by molar-refractivity contribution is -0.161. The van der Waals surface area contributed by atoms with Gasteiger partial charge >= 0.3 is 19.8 Å². The maximum atomic E-state index is 12.7. The number of nitrogens with two attached hydrogens (primary N) is 1. The fourth-order valence-electron chi connectivity index (χ4n) is 8.63. The van der Waals surface area contributed by atoms with Crippen molar-refractivity contribution in [2.24, 2.45) is 5.73 Å². The van der Waals surface area contributed by atoms with Gasteiger partial charge in [0.25, 0.3) is 0 Å². The second kappa shape index (κ2) is 53.1. The molecule has 2 atom stereocenters. The average Bonchev–Trinajstić information content (AvgIpc) is 3.31. The minimum atomic E-state index is -4.38. The van der Waals surface area contributed by atoms with Crippen molar-refractivity contribution in [1.82, 2.24) is 0 Å². The molecule has 2 unspecified atom stereocenters. The number of hydrogen-bond acceptors (Lipinski definition) is 8. The van der Waals surface area contributed by atoms with Crippen molar-refractivity contribution in [3.05, 3.63) is 12.2 Å². The van der Waals surface area contributed by atoms with E-state index in [0.29, 0.717) is 6.42 Å². The molecule has 0 aliphatic rings. The van der Waals surface area contributed by atoms with Gasteiger partial charge < -0.3 is 20.1 Å². The minimum absolute atomic E-state index is 0.0570. The predicted octanol–water partition coefficient (Wildman–Crippen LogP) is 17.7. The highest BCUT2D eigenvalue weighted by atomic mass is 31.2. The van der Waals surface area contributed by atoms with Crippen molar-refractivity contribution < 1.29 is 37.6 Å². The molecule has 0 heterocycles. The van der Waals surface area contributed by atoms with Gasteiger partial charge in [0, 0.05) is 19.4 Å². The molecule has 0 spiro atoms. The third-order valence-corrected chi connectivity index (χ3v) is 13.9. The molecule has 3 N–H and O–H groups in total. The fourth-order valence-corrected chi connectivity index (χ4v) is 9.40. The number of carbonyl (C=O) groups excluding carboxylic acids is 2. The second-order valence-electron chi connectivity index (χ2n) is 19.5. The highest BCUT2D eigenvalue weighted by molar-refractivity contribution is 7.47. The summed E-state index contributed by atoms with van der Waals surface area (Å²) < 4.78 is 33.0. The SMILES string of the molecule is CCCCCCCCCC/C=C\CCCCCCCCCCCCCCCC(=O)OC(COC(=O)CCCCCCCCCCCCCCCCCCCCCC)COP(=O)(O)OCCN. The Morgan fingerprint density at radius 2 is 0.742 bits per heavy atom. The quantitative estimate of drug-likeness (QED) is 0.0264. The summed E-state index contributed by atoms with van der Waals surface area (Å²) in [4.78, 5) is 35.2. The summed E-state index contributed by atoms with van der Waals surface area (Å²) >= 11 is 0. The summed E-state index contributed by atoms with van der Waals surface area (Å²) in [6, 6.07) is 0. The van der Waals surface area contributed by atoms with E-state index in [1.54, 1.807) is 0 Å². The van der Waals surface area contributed by atoms with E-state index in [4.69, 9.17) is 24.3 Å². The van der Waals surface area contributed by atoms with Gasteiger partial charge in [-0.25, -0.2) is 4.57 Å². The van der Waals surface area contributed by atoms with Crippen molar-refractivity contribution in [3.63, 3.8) is 0 Å². The minimum Gasteiger partial charge on any atom is -0.462 e. The van der Waals surface area contributed by atoms with Crippen LogP contribution in [0, 0.1) is 0 Å². The Kier molecular flexibility index (Phi) is 52.1. The highest BCUT2D eigenvalue weighted by Gasteiger charge is 2.26. The molecular weight excluding hydrogens is 846 g/mol. The van der Waals surface area contributed by atoms with Crippen LogP contribution in [0.4, 0.5) is 0 Å². The van der Waals surface area contributed by atoms with Crippen LogP contribution >= 0.6 is 7.82 Å². The van der Waals surface area contributed by atoms with E-state index in [0.717, 1.165) is 32.1 Å². The first-order chi connectivity index (χ1) is 32.3. The van der Waals surface area contributed by atoms with Gasteiger partial charge in [0.2, 0.25) is 0 Å². The molecule has 392 valence electrons. The number of ether oxygens (including phenoxy) is 2. The lowest BCUT2D eigenvalue weighted by atomic mass is 10.0. The van der Waals surface area contributed by atoms with Crippen molar-refractivity contribution >= 4 is 19.8 Å². The summed E-state index contributed by atoms with van der Waals surface area (Å²) in [5, 5.41) is 0. The van der Waals surface area contributed by atoms with Gasteiger partial charge in [-0.05, 0) is 38.5 Å². The molecule has 0 aliphatic carbocycles.